The molecule has 3 aliphatic carbocycles. The predicted octanol–water partition coefficient (Wildman–Crippen LogP) is 4.83. The molecule has 0 N–H and O–H groups in total. The molecule has 2 saturated carbocycles. The molecule has 1 saturated heterocycles. The summed E-state index contributed by atoms with van der Waals surface area (Å²) < 4.78 is 17.5. The quantitative estimate of drug-likeness (QED) is 0.483. The van der Waals surface area contributed by atoms with Crippen molar-refractivity contribution < 1.29 is 23.8 Å². The molecular formula is C25H38O5. The summed E-state index contributed by atoms with van der Waals surface area (Å²) >= 11 is 0. The van der Waals surface area contributed by atoms with Crippen LogP contribution in [0.15, 0.2) is 11.6 Å². The number of rotatable bonds is 4. The van der Waals surface area contributed by atoms with Crippen LogP contribution in [0, 0.1) is 28.1 Å². The molecule has 168 valence electrons. The summed E-state index contributed by atoms with van der Waals surface area (Å²) in [5.41, 5.74) is 0.798. The number of ether oxygens (including phenoxy) is 3. The first kappa shape index (κ1) is 22.0. The van der Waals surface area contributed by atoms with Gasteiger partial charge in [-0.15, -0.1) is 0 Å². The van der Waals surface area contributed by atoms with Gasteiger partial charge in [0.15, 0.2) is 5.79 Å². The summed E-state index contributed by atoms with van der Waals surface area (Å²) in [5.74, 6) is -0.00758. The zero-order chi connectivity index (χ0) is 21.8. The number of hydrogen-bond acceptors (Lipinski definition) is 5. The Kier molecular flexibility index (Phi) is 5.46. The maximum Gasteiger partial charge on any atom is 0.305 e. The summed E-state index contributed by atoms with van der Waals surface area (Å²) in [5, 5.41) is 0. The molecule has 4 atom stereocenters. The summed E-state index contributed by atoms with van der Waals surface area (Å²) in [4.78, 5) is 25.5. The molecular weight excluding hydrogens is 380 g/mol. The van der Waals surface area contributed by atoms with E-state index in [-0.39, 0.29) is 22.7 Å². The molecule has 0 amide bonds. The van der Waals surface area contributed by atoms with E-state index in [1.165, 1.54) is 5.57 Å². The van der Waals surface area contributed by atoms with E-state index in [1.54, 1.807) is 0 Å². The Labute approximate surface area is 180 Å². The highest BCUT2D eigenvalue weighted by Crippen LogP contribution is 2.68. The Balaban J connectivity index is 1.60. The third-order valence-electron chi connectivity index (χ3n) is 9.02. The monoisotopic (exact) mass is 418 g/mol. The van der Waals surface area contributed by atoms with Gasteiger partial charge in [0.25, 0.3) is 0 Å². The molecule has 0 aromatic carbocycles. The maximum atomic E-state index is 13.6. The lowest BCUT2D eigenvalue weighted by molar-refractivity contribution is -0.284. The average molecular weight is 419 g/mol. The zero-order valence-electron chi connectivity index (χ0n) is 19.3. The van der Waals surface area contributed by atoms with E-state index in [2.05, 4.69) is 33.8 Å². The molecule has 0 bridgehead atoms. The Hall–Kier alpha value is -1.20. The number of carbonyl (C=O) groups excluding carboxylic acids is 2. The van der Waals surface area contributed by atoms with Crippen molar-refractivity contribution >= 4 is 11.8 Å². The van der Waals surface area contributed by atoms with E-state index in [1.807, 2.05) is 6.92 Å². The van der Waals surface area contributed by atoms with Crippen molar-refractivity contribution in [3.63, 3.8) is 0 Å². The van der Waals surface area contributed by atoms with Crippen LogP contribution in [-0.4, -0.2) is 37.4 Å². The highest BCUT2D eigenvalue weighted by molar-refractivity contribution is 5.91. The Morgan fingerprint density at radius 3 is 2.50 bits per heavy atom. The predicted molar refractivity (Wildman–Crippen MR) is 114 cm³/mol. The first-order valence-electron chi connectivity index (χ1n) is 11.8. The van der Waals surface area contributed by atoms with Gasteiger partial charge in [-0.2, -0.15) is 0 Å². The molecule has 1 heterocycles. The highest BCUT2D eigenvalue weighted by atomic mass is 16.7. The number of allylic oxidation sites excluding steroid dienone is 2. The maximum absolute atomic E-state index is 13.6. The highest BCUT2D eigenvalue weighted by Gasteiger charge is 2.66. The van der Waals surface area contributed by atoms with Crippen molar-refractivity contribution in [3.8, 4) is 0 Å². The van der Waals surface area contributed by atoms with Crippen LogP contribution in [0.3, 0.4) is 0 Å². The van der Waals surface area contributed by atoms with Crippen LogP contribution in [0.1, 0.15) is 79.6 Å². The molecule has 5 nitrogen and oxygen atoms in total. The van der Waals surface area contributed by atoms with Crippen molar-refractivity contribution in [2.45, 2.75) is 85.4 Å². The van der Waals surface area contributed by atoms with Gasteiger partial charge in [-0.05, 0) is 57.3 Å². The van der Waals surface area contributed by atoms with Gasteiger partial charge in [0.2, 0.25) is 0 Å². The number of Topliss-reactive ketones (excluding diaryl/α,β-unsaturated/α-hetero) is 1. The van der Waals surface area contributed by atoms with Gasteiger partial charge in [0.05, 0.1) is 19.8 Å². The molecule has 4 aliphatic rings. The summed E-state index contributed by atoms with van der Waals surface area (Å²) in [6.07, 6.45) is 7.75. The van der Waals surface area contributed by atoms with Gasteiger partial charge < -0.3 is 14.2 Å². The standard InChI is InChI=1S/C25H38O5/c1-6-28-20(26)10-8-17-7-9-19-23(4)13-14-25(29-15-16-30-25)22(2,3)18(23)11-12-24(19,5)21(17)27/h9,17-18H,6-8,10-16H2,1-5H3/t17-,18+,23?,24?/m1/s1. The van der Waals surface area contributed by atoms with Crippen molar-refractivity contribution in [1.29, 1.82) is 0 Å². The van der Waals surface area contributed by atoms with Crippen LogP contribution in [0.5, 0.6) is 0 Å². The third-order valence-corrected chi connectivity index (χ3v) is 9.02. The van der Waals surface area contributed by atoms with Gasteiger partial charge in [-0.1, -0.05) is 32.4 Å². The van der Waals surface area contributed by atoms with Gasteiger partial charge in [-0.3, -0.25) is 9.59 Å². The molecule has 1 aliphatic heterocycles. The molecule has 4 rings (SSSR count). The largest absolute Gasteiger partial charge is 0.466 e. The normalized spacial score (nSPS) is 39.2. The number of ketones is 1. The summed E-state index contributed by atoms with van der Waals surface area (Å²) in [6.45, 7) is 12.7. The van der Waals surface area contributed by atoms with Gasteiger partial charge in [0, 0.05) is 29.6 Å². The van der Waals surface area contributed by atoms with E-state index >= 15 is 0 Å². The van der Waals surface area contributed by atoms with Crippen molar-refractivity contribution in [2.24, 2.45) is 28.1 Å². The molecule has 0 aromatic heterocycles. The van der Waals surface area contributed by atoms with Crippen LogP contribution in [0.2, 0.25) is 0 Å². The number of hydrogen-bond donors (Lipinski definition) is 0. The molecule has 30 heavy (non-hydrogen) atoms. The van der Waals surface area contributed by atoms with E-state index in [4.69, 9.17) is 14.2 Å². The second-order valence-electron chi connectivity index (χ2n) is 10.8. The first-order valence-corrected chi connectivity index (χ1v) is 11.8. The van der Waals surface area contributed by atoms with Crippen LogP contribution in [0.4, 0.5) is 0 Å². The van der Waals surface area contributed by atoms with E-state index in [0.717, 1.165) is 32.1 Å². The van der Waals surface area contributed by atoms with Crippen LogP contribution >= 0.6 is 0 Å². The molecule has 1 spiro atoms. The fraction of sp³-hybridized carbons (Fsp3) is 0.840. The molecule has 5 heteroatoms. The Bertz CT molecular complexity index is 747. The van der Waals surface area contributed by atoms with Crippen LogP contribution < -0.4 is 0 Å². The van der Waals surface area contributed by atoms with Gasteiger partial charge in [0.1, 0.15) is 5.78 Å². The summed E-state index contributed by atoms with van der Waals surface area (Å²) in [6, 6.07) is 0. The molecule has 0 aromatic rings. The SMILES string of the molecule is CCOC(=O)CC[C@H]1CC=C2C(C)(CC[C@@H]3C2(C)CCC2(OCCO2)C3(C)C)C1=O. The Morgan fingerprint density at radius 1 is 1.13 bits per heavy atom. The van der Waals surface area contributed by atoms with Crippen molar-refractivity contribution in [1.82, 2.24) is 0 Å². The molecule has 3 fully saturated rings. The van der Waals surface area contributed by atoms with Crippen LogP contribution in [-0.2, 0) is 23.8 Å². The number of esters is 1. The zero-order valence-corrected chi connectivity index (χ0v) is 19.3. The van der Waals surface area contributed by atoms with E-state index in [0.29, 0.717) is 44.4 Å². The average Bonchev–Trinajstić information content (AvgIpc) is 3.17. The van der Waals surface area contributed by atoms with Crippen LogP contribution in [0.25, 0.3) is 0 Å². The first-order chi connectivity index (χ1) is 14.1. The summed E-state index contributed by atoms with van der Waals surface area (Å²) in [7, 11) is 0. The minimum Gasteiger partial charge on any atom is -0.466 e. The second kappa shape index (κ2) is 7.44. The second-order valence-corrected chi connectivity index (χ2v) is 10.8. The molecule has 0 radical (unpaired) electrons. The molecule has 2 unspecified atom stereocenters. The minimum atomic E-state index is -0.480. The van der Waals surface area contributed by atoms with E-state index < -0.39 is 11.2 Å². The smallest absolute Gasteiger partial charge is 0.305 e. The lowest BCUT2D eigenvalue weighted by Crippen LogP contribution is -2.62. The van der Waals surface area contributed by atoms with Crippen molar-refractivity contribution in [2.75, 3.05) is 19.8 Å². The number of carbonyl (C=O) groups is 2. The minimum absolute atomic E-state index is 0.0150. The van der Waals surface area contributed by atoms with Gasteiger partial charge >= 0.3 is 5.97 Å². The lowest BCUT2D eigenvalue weighted by atomic mass is 9.42. The topological polar surface area (TPSA) is 61.8 Å². The fourth-order valence-corrected chi connectivity index (χ4v) is 7.46. The van der Waals surface area contributed by atoms with E-state index in [9.17, 15) is 9.59 Å². The lowest BCUT2D eigenvalue weighted by Gasteiger charge is -2.64. The van der Waals surface area contributed by atoms with Crippen molar-refractivity contribution in [3.05, 3.63) is 11.6 Å². The third kappa shape index (κ3) is 3.02. The van der Waals surface area contributed by atoms with Gasteiger partial charge in [-0.25, -0.2) is 0 Å². The number of fused-ring (bicyclic) bond motifs is 3. The fourth-order valence-electron chi connectivity index (χ4n) is 7.46. The Morgan fingerprint density at radius 2 is 1.83 bits per heavy atom.